The molecule has 3 aromatic rings. The predicted octanol–water partition coefficient (Wildman–Crippen LogP) is 3.46. The van der Waals surface area contributed by atoms with Crippen molar-refractivity contribution in [1.82, 2.24) is 14.7 Å². The maximum absolute atomic E-state index is 13.0. The first kappa shape index (κ1) is 19.3. The van der Waals surface area contributed by atoms with Crippen molar-refractivity contribution in [3.8, 4) is 5.75 Å². The first-order valence-electron chi connectivity index (χ1n) is 9.86. The largest absolute Gasteiger partial charge is 0.486 e. The van der Waals surface area contributed by atoms with E-state index in [0.29, 0.717) is 43.3 Å². The van der Waals surface area contributed by atoms with Crippen molar-refractivity contribution < 1.29 is 19.1 Å². The molecule has 0 radical (unpaired) electrons. The maximum atomic E-state index is 13.0. The molecule has 1 N–H and O–H groups in total. The second-order valence-electron chi connectivity index (χ2n) is 7.26. The molecule has 7 heteroatoms. The highest BCUT2D eigenvalue weighted by Crippen LogP contribution is 2.23. The Labute approximate surface area is 169 Å². The van der Waals surface area contributed by atoms with Crippen LogP contribution in [0.4, 0.5) is 0 Å². The second kappa shape index (κ2) is 8.13. The summed E-state index contributed by atoms with van der Waals surface area (Å²) >= 11 is 0. The Hall–Kier alpha value is -3.06. The van der Waals surface area contributed by atoms with E-state index in [1.807, 2.05) is 61.0 Å². The summed E-state index contributed by atoms with van der Waals surface area (Å²) in [5.41, 5.74) is 2.37. The molecule has 1 atom stereocenters. The van der Waals surface area contributed by atoms with Crippen molar-refractivity contribution in [2.45, 2.75) is 46.1 Å². The van der Waals surface area contributed by atoms with Gasteiger partial charge in [-0.25, -0.2) is 0 Å². The number of furan rings is 1. The summed E-state index contributed by atoms with van der Waals surface area (Å²) < 4.78 is 13.4. The van der Waals surface area contributed by atoms with E-state index in [1.165, 1.54) is 0 Å². The van der Waals surface area contributed by atoms with Crippen LogP contribution in [0.2, 0.25) is 0 Å². The molecule has 0 saturated heterocycles. The Balaban J connectivity index is 1.44. The number of amides is 1. The zero-order chi connectivity index (χ0) is 20.4. The number of fused-ring (bicyclic) bond motifs is 1. The third-order valence-corrected chi connectivity index (χ3v) is 5.12. The van der Waals surface area contributed by atoms with E-state index in [9.17, 15) is 9.90 Å². The lowest BCUT2D eigenvalue weighted by Crippen LogP contribution is -2.38. The molecular weight excluding hydrogens is 370 g/mol. The molecule has 4 rings (SSSR count). The fourth-order valence-electron chi connectivity index (χ4n) is 3.48. The van der Waals surface area contributed by atoms with E-state index in [4.69, 9.17) is 9.15 Å². The summed E-state index contributed by atoms with van der Waals surface area (Å²) in [6.07, 6.45) is 0.0372. The van der Waals surface area contributed by atoms with Crippen LogP contribution in [0.15, 0.2) is 46.9 Å². The van der Waals surface area contributed by atoms with Gasteiger partial charge >= 0.3 is 0 Å². The van der Waals surface area contributed by atoms with Gasteiger partial charge in [-0.3, -0.25) is 9.48 Å². The number of benzene rings is 1. The normalized spacial score (nSPS) is 14.5. The maximum Gasteiger partial charge on any atom is 0.290 e. The number of aryl methyl sites for hydroxylation is 1. The van der Waals surface area contributed by atoms with E-state index >= 15 is 0 Å². The third-order valence-electron chi connectivity index (χ3n) is 5.12. The summed E-state index contributed by atoms with van der Waals surface area (Å²) in [4.78, 5) is 14.8. The molecule has 1 aromatic carbocycles. The molecule has 0 unspecified atom stereocenters. The lowest BCUT2D eigenvalue weighted by Gasteiger charge is -2.27. The van der Waals surface area contributed by atoms with Gasteiger partial charge in [0, 0.05) is 12.1 Å². The number of carbonyl (C=O) groups is 1. The first-order chi connectivity index (χ1) is 14.0. The van der Waals surface area contributed by atoms with Crippen LogP contribution in [0.3, 0.4) is 0 Å². The van der Waals surface area contributed by atoms with Gasteiger partial charge in [0.1, 0.15) is 18.1 Å². The number of aliphatic hydroxyl groups excluding tert-OH is 1. The Morgan fingerprint density at radius 1 is 1.28 bits per heavy atom. The third kappa shape index (κ3) is 4.05. The van der Waals surface area contributed by atoms with Gasteiger partial charge in [0.2, 0.25) is 0 Å². The number of hydrogen-bond acceptors (Lipinski definition) is 5. The van der Waals surface area contributed by atoms with Gasteiger partial charge in [0.25, 0.3) is 5.91 Å². The zero-order valence-corrected chi connectivity index (χ0v) is 16.7. The van der Waals surface area contributed by atoms with Crippen molar-refractivity contribution in [3.63, 3.8) is 0 Å². The highest BCUT2D eigenvalue weighted by molar-refractivity contribution is 5.93. The van der Waals surface area contributed by atoms with Crippen LogP contribution in [0.5, 0.6) is 5.75 Å². The molecule has 0 aliphatic carbocycles. The number of rotatable bonds is 6. The van der Waals surface area contributed by atoms with Crippen LogP contribution in [-0.2, 0) is 19.7 Å². The van der Waals surface area contributed by atoms with Crippen molar-refractivity contribution in [2.24, 2.45) is 0 Å². The lowest BCUT2D eigenvalue weighted by molar-refractivity contribution is 0.0668. The monoisotopic (exact) mass is 395 g/mol. The minimum atomic E-state index is -0.572. The van der Waals surface area contributed by atoms with Crippen LogP contribution < -0.4 is 4.74 Å². The van der Waals surface area contributed by atoms with E-state index in [-0.39, 0.29) is 12.5 Å². The second-order valence-corrected chi connectivity index (χ2v) is 7.26. The van der Waals surface area contributed by atoms with Crippen LogP contribution in [-0.4, -0.2) is 32.2 Å². The molecule has 152 valence electrons. The molecule has 0 spiro atoms. The standard InChI is InChI=1S/C22H25N3O4/c1-3-20(26)19-12-16-13-24(9-10-25(16)23-19)22(27)21-15(2)11-18(29-21)14-28-17-7-5-4-6-8-17/h4-8,11-12,20,26H,3,9-10,13-14H2,1-2H3/t20-/m0/s1. The van der Waals surface area contributed by atoms with E-state index < -0.39 is 6.10 Å². The van der Waals surface area contributed by atoms with Gasteiger partial charge in [0.15, 0.2) is 5.76 Å². The average Bonchev–Trinajstić information content (AvgIpc) is 3.34. The van der Waals surface area contributed by atoms with Gasteiger partial charge in [-0.15, -0.1) is 0 Å². The number of nitrogens with zero attached hydrogens (tertiary/aromatic N) is 3. The van der Waals surface area contributed by atoms with Gasteiger partial charge in [0.05, 0.1) is 30.6 Å². The molecule has 0 fully saturated rings. The number of aliphatic hydroxyl groups is 1. The van der Waals surface area contributed by atoms with Crippen LogP contribution in [0.1, 0.15) is 52.7 Å². The molecule has 3 heterocycles. The van der Waals surface area contributed by atoms with Crippen LogP contribution >= 0.6 is 0 Å². The minimum Gasteiger partial charge on any atom is -0.486 e. The Morgan fingerprint density at radius 3 is 2.83 bits per heavy atom. The fraction of sp³-hybridized carbons (Fsp3) is 0.364. The number of aromatic nitrogens is 2. The fourth-order valence-corrected chi connectivity index (χ4v) is 3.48. The van der Waals surface area contributed by atoms with Crippen LogP contribution in [0, 0.1) is 6.92 Å². The van der Waals surface area contributed by atoms with Crippen molar-refractivity contribution in [3.05, 3.63) is 70.9 Å². The molecule has 0 saturated carbocycles. The number of ether oxygens (including phenoxy) is 1. The van der Waals surface area contributed by atoms with Crippen molar-refractivity contribution in [2.75, 3.05) is 6.54 Å². The van der Waals surface area contributed by atoms with Crippen molar-refractivity contribution >= 4 is 5.91 Å². The van der Waals surface area contributed by atoms with Gasteiger partial charge < -0.3 is 19.2 Å². The van der Waals surface area contributed by atoms with E-state index in [0.717, 1.165) is 17.0 Å². The minimum absolute atomic E-state index is 0.140. The number of para-hydroxylation sites is 1. The molecule has 1 aliphatic heterocycles. The topological polar surface area (TPSA) is 80.7 Å². The van der Waals surface area contributed by atoms with Gasteiger partial charge in [-0.05, 0) is 37.6 Å². The van der Waals surface area contributed by atoms with Crippen molar-refractivity contribution in [1.29, 1.82) is 0 Å². The molecule has 2 aromatic heterocycles. The smallest absolute Gasteiger partial charge is 0.290 e. The Bertz CT molecular complexity index is 993. The molecule has 0 bridgehead atoms. The van der Waals surface area contributed by atoms with Gasteiger partial charge in [-0.1, -0.05) is 25.1 Å². The molecule has 1 aliphatic rings. The highest BCUT2D eigenvalue weighted by Gasteiger charge is 2.27. The lowest BCUT2D eigenvalue weighted by atomic mass is 10.2. The highest BCUT2D eigenvalue weighted by atomic mass is 16.5. The average molecular weight is 395 g/mol. The molecule has 29 heavy (non-hydrogen) atoms. The predicted molar refractivity (Wildman–Crippen MR) is 106 cm³/mol. The van der Waals surface area contributed by atoms with E-state index in [2.05, 4.69) is 5.10 Å². The Kier molecular flexibility index (Phi) is 5.40. The SMILES string of the molecule is CC[C@H](O)c1cc2n(n1)CCN(C(=O)c1oc(COc3ccccc3)cc1C)C2. The first-order valence-corrected chi connectivity index (χ1v) is 9.86. The number of carbonyl (C=O) groups excluding carboxylic acids is 1. The van der Waals surface area contributed by atoms with Gasteiger partial charge in [-0.2, -0.15) is 5.10 Å². The van der Waals surface area contributed by atoms with E-state index in [1.54, 1.807) is 4.90 Å². The zero-order valence-electron chi connectivity index (χ0n) is 16.7. The summed E-state index contributed by atoms with van der Waals surface area (Å²) in [5.74, 6) is 1.57. The number of hydrogen-bond donors (Lipinski definition) is 1. The van der Waals surface area contributed by atoms with Crippen LogP contribution in [0.25, 0.3) is 0 Å². The summed E-state index contributed by atoms with van der Waals surface area (Å²) in [5, 5.41) is 14.5. The summed E-state index contributed by atoms with van der Waals surface area (Å²) in [6, 6.07) is 13.2. The molecule has 1 amide bonds. The summed E-state index contributed by atoms with van der Waals surface area (Å²) in [7, 11) is 0. The summed E-state index contributed by atoms with van der Waals surface area (Å²) in [6.45, 7) is 5.64. The Morgan fingerprint density at radius 2 is 2.07 bits per heavy atom. The quantitative estimate of drug-likeness (QED) is 0.691. The molecule has 7 nitrogen and oxygen atoms in total. The molecular formula is C22H25N3O4.